The summed E-state index contributed by atoms with van der Waals surface area (Å²) in [7, 11) is 1.48. The number of ether oxygens (including phenoxy) is 2. The van der Waals surface area contributed by atoms with Gasteiger partial charge in [-0.25, -0.2) is 9.37 Å². The number of amides is 1. The molecule has 2 aromatic carbocycles. The molecular formula is C20H17FN2O4S. The monoisotopic (exact) mass is 400 g/mol. The fourth-order valence-corrected chi connectivity index (χ4v) is 3.40. The zero-order valence-electron chi connectivity index (χ0n) is 15.2. The first-order valence-electron chi connectivity index (χ1n) is 8.29. The maximum atomic E-state index is 14.1. The molecule has 0 aliphatic heterocycles. The van der Waals surface area contributed by atoms with E-state index in [2.05, 4.69) is 4.98 Å². The van der Waals surface area contributed by atoms with Gasteiger partial charge < -0.3 is 9.47 Å². The Bertz CT molecular complexity index is 1010. The van der Waals surface area contributed by atoms with Crippen molar-refractivity contribution < 1.29 is 23.5 Å². The molecule has 0 aliphatic rings. The van der Waals surface area contributed by atoms with Crippen LogP contribution in [-0.2, 0) is 11.4 Å². The summed E-state index contributed by atoms with van der Waals surface area (Å²) in [5.41, 5.74) is 1.19. The van der Waals surface area contributed by atoms with Gasteiger partial charge in [-0.3, -0.25) is 14.5 Å². The summed E-state index contributed by atoms with van der Waals surface area (Å²) in [5, 5.41) is 2.08. The third kappa shape index (κ3) is 4.17. The molecule has 8 heteroatoms. The van der Waals surface area contributed by atoms with Crippen LogP contribution < -0.4 is 14.4 Å². The van der Waals surface area contributed by atoms with E-state index < -0.39 is 5.82 Å². The number of carbonyl (C=O) groups is 2. The number of aldehydes is 1. The zero-order chi connectivity index (χ0) is 20.1. The SMILES string of the molecule is COc1cc(C=O)ccc1OCc1csc(N(C(C)=O)c2ccccc2F)n1. The zero-order valence-corrected chi connectivity index (χ0v) is 16.0. The molecule has 144 valence electrons. The number of methoxy groups -OCH3 is 1. The lowest BCUT2D eigenvalue weighted by Gasteiger charge is -2.18. The van der Waals surface area contributed by atoms with Gasteiger partial charge in [0.1, 0.15) is 18.7 Å². The quantitative estimate of drug-likeness (QED) is 0.551. The Morgan fingerprint density at radius 3 is 2.71 bits per heavy atom. The molecule has 6 nitrogen and oxygen atoms in total. The molecule has 0 atom stereocenters. The number of aromatic nitrogens is 1. The van der Waals surface area contributed by atoms with E-state index >= 15 is 0 Å². The van der Waals surface area contributed by atoms with E-state index in [1.165, 1.54) is 42.4 Å². The van der Waals surface area contributed by atoms with E-state index in [0.717, 1.165) is 6.29 Å². The van der Waals surface area contributed by atoms with Crippen LogP contribution in [0.1, 0.15) is 23.0 Å². The highest BCUT2D eigenvalue weighted by atomic mass is 32.1. The minimum atomic E-state index is -0.509. The smallest absolute Gasteiger partial charge is 0.230 e. The van der Waals surface area contributed by atoms with Crippen molar-refractivity contribution in [3.8, 4) is 11.5 Å². The predicted molar refractivity (Wildman–Crippen MR) is 104 cm³/mol. The van der Waals surface area contributed by atoms with Gasteiger partial charge in [-0.1, -0.05) is 12.1 Å². The van der Waals surface area contributed by atoms with Gasteiger partial charge in [-0.2, -0.15) is 0 Å². The van der Waals surface area contributed by atoms with Crippen molar-refractivity contribution in [1.82, 2.24) is 4.98 Å². The van der Waals surface area contributed by atoms with Crippen molar-refractivity contribution >= 4 is 34.3 Å². The van der Waals surface area contributed by atoms with Crippen LogP contribution in [0.4, 0.5) is 15.2 Å². The topological polar surface area (TPSA) is 68.7 Å². The highest BCUT2D eigenvalue weighted by Crippen LogP contribution is 2.32. The van der Waals surface area contributed by atoms with Crippen molar-refractivity contribution in [2.75, 3.05) is 12.0 Å². The van der Waals surface area contributed by atoms with Crippen LogP contribution in [0.5, 0.6) is 11.5 Å². The van der Waals surface area contributed by atoms with Crippen molar-refractivity contribution in [3.63, 3.8) is 0 Å². The van der Waals surface area contributed by atoms with Crippen LogP contribution in [0.25, 0.3) is 0 Å². The number of hydrogen-bond donors (Lipinski definition) is 0. The molecule has 0 unspecified atom stereocenters. The number of rotatable bonds is 7. The van der Waals surface area contributed by atoms with E-state index in [-0.39, 0.29) is 18.2 Å². The average Bonchev–Trinajstić information content (AvgIpc) is 3.16. The number of nitrogens with zero attached hydrogens (tertiary/aromatic N) is 2. The Morgan fingerprint density at radius 2 is 2.04 bits per heavy atom. The van der Waals surface area contributed by atoms with Gasteiger partial charge in [-0.05, 0) is 30.3 Å². The van der Waals surface area contributed by atoms with Crippen molar-refractivity contribution in [2.24, 2.45) is 0 Å². The van der Waals surface area contributed by atoms with E-state index in [1.807, 2.05) is 0 Å². The summed E-state index contributed by atoms with van der Waals surface area (Å²) in [6, 6.07) is 10.9. The fraction of sp³-hybridized carbons (Fsp3) is 0.150. The fourth-order valence-electron chi connectivity index (χ4n) is 2.53. The molecule has 28 heavy (non-hydrogen) atoms. The van der Waals surface area contributed by atoms with Crippen LogP contribution in [-0.4, -0.2) is 24.3 Å². The van der Waals surface area contributed by atoms with Gasteiger partial charge in [0.15, 0.2) is 16.6 Å². The molecule has 0 N–H and O–H groups in total. The second-order valence-electron chi connectivity index (χ2n) is 5.74. The van der Waals surface area contributed by atoms with Gasteiger partial charge in [0, 0.05) is 17.9 Å². The Kier molecular flexibility index (Phi) is 6.00. The number of para-hydroxylation sites is 1. The van der Waals surface area contributed by atoms with Gasteiger partial charge in [0.2, 0.25) is 5.91 Å². The summed E-state index contributed by atoms with van der Waals surface area (Å²) in [5.74, 6) is 0.0284. The van der Waals surface area contributed by atoms with Crippen molar-refractivity contribution in [3.05, 3.63) is 64.9 Å². The van der Waals surface area contributed by atoms with Gasteiger partial charge in [0.25, 0.3) is 0 Å². The molecule has 3 rings (SSSR count). The molecule has 0 radical (unpaired) electrons. The highest BCUT2D eigenvalue weighted by molar-refractivity contribution is 7.14. The van der Waals surface area contributed by atoms with Gasteiger partial charge in [-0.15, -0.1) is 11.3 Å². The largest absolute Gasteiger partial charge is 0.493 e. The van der Waals surface area contributed by atoms with E-state index in [4.69, 9.17) is 9.47 Å². The Balaban J connectivity index is 1.79. The minimum absolute atomic E-state index is 0.121. The van der Waals surface area contributed by atoms with Crippen LogP contribution in [0.2, 0.25) is 0 Å². The molecule has 1 amide bonds. The molecule has 0 saturated carbocycles. The maximum Gasteiger partial charge on any atom is 0.230 e. The molecule has 3 aromatic rings. The summed E-state index contributed by atoms with van der Waals surface area (Å²) in [6.45, 7) is 1.47. The van der Waals surface area contributed by atoms with Gasteiger partial charge >= 0.3 is 0 Å². The summed E-state index contributed by atoms with van der Waals surface area (Å²) < 4.78 is 25.1. The molecule has 1 heterocycles. The summed E-state index contributed by atoms with van der Waals surface area (Å²) in [4.78, 5) is 28.6. The predicted octanol–water partition coefficient (Wildman–Crippen LogP) is 4.37. The minimum Gasteiger partial charge on any atom is -0.493 e. The van der Waals surface area contributed by atoms with Crippen LogP contribution in [0, 0.1) is 5.82 Å². The summed E-state index contributed by atoms with van der Waals surface area (Å²) in [6.07, 6.45) is 0.720. The lowest BCUT2D eigenvalue weighted by Crippen LogP contribution is -2.23. The number of anilines is 2. The number of benzene rings is 2. The van der Waals surface area contributed by atoms with E-state index in [0.29, 0.717) is 27.9 Å². The third-order valence-electron chi connectivity index (χ3n) is 3.84. The molecular weight excluding hydrogens is 383 g/mol. The maximum absolute atomic E-state index is 14.1. The van der Waals surface area contributed by atoms with Gasteiger partial charge in [0.05, 0.1) is 18.5 Å². The lowest BCUT2D eigenvalue weighted by atomic mass is 10.2. The average molecular weight is 400 g/mol. The third-order valence-corrected chi connectivity index (χ3v) is 4.71. The van der Waals surface area contributed by atoms with Crippen LogP contribution in [0.3, 0.4) is 0 Å². The normalized spacial score (nSPS) is 10.4. The van der Waals surface area contributed by atoms with E-state index in [9.17, 15) is 14.0 Å². The first-order chi connectivity index (χ1) is 13.5. The molecule has 0 aliphatic carbocycles. The Morgan fingerprint density at radius 1 is 1.25 bits per heavy atom. The molecule has 0 bridgehead atoms. The Labute approximate surface area is 165 Å². The standard InChI is InChI=1S/C20H17FN2O4S/c1-13(25)23(17-6-4-3-5-16(17)21)20-22-15(12-28-20)11-27-18-8-7-14(10-24)9-19(18)26-2/h3-10,12H,11H2,1-2H3. The molecule has 0 spiro atoms. The number of halogens is 1. The number of hydrogen-bond acceptors (Lipinski definition) is 6. The lowest BCUT2D eigenvalue weighted by molar-refractivity contribution is -0.115. The van der Waals surface area contributed by atoms with Crippen LogP contribution in [0.15, 0.2) is 47.8 Å². The highest BCUT2D eigenvalue weighted by Gasteiger charge is 2.21. The van der Waals surface area contributed by atoms with Crippen molar-refractivity contribution in [1.29, 1.82) is 0 Å². The Hall–Kier alpha value is -3.26. The molecule has 0 saturated heterocycles. The van der Waals surface area contributed by atoms with E-state index in [1.54, 1.807) is 35.7 Å². The number of thiazole rings is 1. The number of carbonyl (C=O) groups excluding carboxylic acids is 2. The second kappa shape index (κ2) is 8.62. The first kappa shape index (κ1) is 19.5. The molecule has 0 fully saturated rings. The van der Waals surface area contributed by atoms with Crippen molar-refractivity contribution in [2.45, 2.75) is 13.5 Å². The first-order valence-corrected chi connectivity index (χ1v) is 9.17. The molecule has 1 aromatic heterocycles. The second-order valence-corrected chi connectivity index (χ2v) is 6.58. The summed E-state index contributed by atoms with van der Waals surface area (Å²) >= 11 is 1.21. The van der Waals surface area contributed by atoms with Crippen LogP contribution >= 0.6 is 11.3 Å².